The van der Waals surface area contributed by atoms with Crippen molar-refractivity contribution in [3.05, 3.63) is 48.6 Å². The monoisotopic (exact) mass is 338 g/mol. The van der Waals surface area contributed by atoms with E-state index in [0.717, 1.165) is 35.7 Å². The molecule has 0 aromatic carbocycles. The van der Waals surface area contributed by atoms with Gasteiger partial charge in [-0.2, -0.15) is 0 Å². The van der Waals surface area contributed by atoms with E-state index in [2.05, 4.69) is 22.3 Å². The van der Waals surface area contributed by atoms with Gasteiger partial charge in [-0.1, -0.05) is 0 Å². The molecule has 3 aromatic rings. The maximum atomic E-state index is 12.2. The largest absolute Gasteiger partial charge is 0.467 e. The van der Waals surface area contributed by atoms with Crippen LogP contribution in [0.2, 0.25) is 0 Å². The van der Waals surface area contributed by atoms with Gasteiger partial charge in [0, 0.05) is 24.7 Å². The van der Waals surface area contributed by atoms with Crippen molar-refractivity contribution in [3.8, 4) is 0 Å². The summed E-state index contributed by atoms with van der Waals surface area (Å²) in [6.07, 6.45) is 7.26. The molecule has 3 aromatic heterocycles. The van der Waals surface area contributed by atoms with Crippen molar-refractivity contribution in [2.24, 2.45) is 0 Å². The molecule has 4 rings (SSSR count). The number of furan rings is 1. The minimum absolute atomic E-state index is 0.0564. The number of pyridine rings is 1. The molecule has 1 saturated heterocycles. The lowest BCUT2D eigenvalue weighted by atomic mass is 10.1. The minimum Gasteiger partial charge on any atom is -0.467 e. The van der Waals surface area contributed by atoms with Crippen LogP contribution in [-0.2, 0) is 17.9 Å². The molecule has 130 valence electrons. The third-order valence-corrected chi connectivity index (χ3v) is 4.63. The lowest BCUT2D eigenvalue weighted by Crippen LogP contribution is -2.30. The van der Waals surface area contributed by atoms with Gasteiger partial charge in [-0.05, 0) is 49.6 Å². The average molecular weight is 338 g/mol. The second-order valence-electron chi connectivity index (χ2n) is 6.43. The van der Waals surface area contributed by atoms with E-state index in [-0.39, 0.29) is 12.5 Å². The van der Waals surface area contributed by atoms with Gasteiger partial charge >= 0.3 is 0 Å². The molecule has 0 saturated carbocycles. The first-order valence-electron chi connectivity index (χ1n) is 8.79. The molecule has 1 aliphatic heterocycles. The van der Waals surface area contributed by atoms with Gasteiger partial charge in [0.25, 0.3) is 0 Å². The van der Waals surface area contributed by atoms with E-state index in [0.29, 0.717) is 6.54 Å². The van der Waals surface area contributed by atoms with Crippen molar-refractivity contribution in [2.75, 3.05) is 18.0 Å². The predicted octanol–water partition coefficient (Wildman–Crippen LogP) is 2.94. The number of hydrogen-bond acceptors (Lipinski definition) is 4. The lowest BCUT2D eigenvalue weighted by Gasteiger charge is -2.27. The Balaban J connectivity index is 1.48. The van der Waals surface area contributed by atoms with Crippen molar-refractivity contribution in [1.29, 1.82) is 0 Å². The Morgan fingerprint density at radius 2 is 2.04 bits per heavy atom. The normalized spacial score (nSPS) is 14.8. The van der Waals surface area contributed by atoms with Gasteiger partial charge in [0.2, 0.25) is 5.91 Å². The van der Waals surface area contributed by atoms with Crippen LogP contribution in [0, 0.1) is 0 Å². The van der Waals surface area contributed by atoms with Crippen LogP contribution in [0.1, 0.15) is 25.0 Å². The zero-order chi connectivity index (χ0) is 17.1. The number of nitrogens with zero attached hydrogens (tertiary/aromatic N) is 3. The maximum Gasteiger partial charge on any atom is 0.240 e. The van der Waals surface area contributed by atoms with Crippen LogP contribution in [0.3, 0.4) is 0 Å². The minimum atomic E-state index is -0.0564. The molecule has 1 aliphatic rings. The number of carbonyl (C=O) groups excluding carboxylic acids is 1. The number of nitrogens with one attached hydrogen (secondary N) is 1. The van der Waals surface area contributed by atoms with Crippen molar-refractivity contribution in [3.63, 3.8) is 0 Å². The van der Waals surface area contributed by atoms with E-state index in [9.17, 15) is 4.79 Å². The highest BCUT2D eigenvalue weighted by Crippen LogP contribution is 2.22. The highest BCUT2D eigenvalue weighted by Gasteiger charge is 2.14. The quantitative estimate of drug-likeness (QED) is 0.777. The van der Waals surface area contributed by atoms with E-state index < -0.39 is 0 Å². The summed E-state index contributed by atoms with van der Waals surface area (Å²) in [5.74, 6) is 1.69. The molecule has 4 heterocycles. The predicted molar refractivity (Wildman–Crippen MR) is 96.4 cm³/mol. The molecule has 0 bridgehead atoms. The molecule has 0 atom stereocenters. The second-order valence-corrected chi connectivity index (χ2v) is 6.43. The summed E-state index contributed by atoms with van der Waals surface area (Å²) in [6, 6.07) is 9.82. The second kappa shape index (κ2) is 7.01. The third-order valence-electron chi connectivity index (χ3n) is 4.63. The molecular formula is C19H22N4O2. The molecule has 0 spiro atoms. The van der Waals surface area contributed by atoms with Gasteiger partial charge in [-0.25, -0.2) is 4.98 Å². The fourth-order valence-corrected chi connectivity index (χ4v) is 3.29. The van der Waals surface area contributed by atoms with Gasteiger partial charge in [0.05, 0.1) is 12.8 Å². The van der Waals surface area contributed by atoms with E-state index in [1.54, 1.807) is 6.26 Å². The van der Waals surface area contributed by atoms with Crippen LogP contribution >= 0.6 is 0 Å². The molecular weight excluding hydrogens is 316 g/mol. The fraction of sp³-hybridized carbons (Fsp3) is 0.368. The van der Waals surface area contributed by atoms with E-state index >= 15 is 0 Å². The number of piperidine rings is 1. The number of rotatable bonds is 5. The summed E-state index contributed by atoms with van der Waals surface area (Å²) in [5, 5.41) is 3.93. The summed E-state index contributed by atoms with van der Waals surface area (Å²) in [4.78, 5) is 19.4. The molecule has 6 heteroatoms. The number of aromatic nitrogens is 2. The Kier molecular flexibility index (Phi) is 4.41. The highest BCUT2D eigenvalue weighted by atomic mass is 16.3. The van der Waals surface area contributed by atoms with Gasteiger partial charge in [-0.3, -0.25) is 4.79 Å². The molecule has 1 N–H and O–H groups in total. The Morgan fingerprint density at radius 3 is 2.84 bits per heavy atom. The summed E-state index contributed by atoms with van der Waals surface area (Å²) in [6.45, 7) is 2.77. The fourth-order valence-electron chi connectivity index (χ4n) is 3.29. The van der Waals surface area contributed by atoms with Gasteiger partial charge in [0.1, 0.15) is 23.8 Å². The van der Waals surface area contributed by atoms with E-state index in [1.165, 1.54) is 19.3 Å². The SMILES string of the molecule is O=C(Cn1ccc2ccc(N3CCCCC3)nc21)NCc1ccco1. The molecule has 0 radical (unpaired) electrons. The standard InChI is InChI=1S/C19H22N4O2/c24-18(20-13-16-5-4-12-25-16)14-23-11-8-15-6-7-17(21-19(15)23)22-9-2-1-3-10-22/h4-8,11-12H,1-3,9-10,13-14H2,(H,20,24). The summed E-state index contributed by atoms with van der Waals surface area (Å²) in [5.41, 5.74) is 0.858. The van der Waals surface area contributed by atoms with Crippen LogP contribution < -0.4 is 10.2 Å². The molecule has 6 nitrogen and oxygen atoms in total. The molecule has 0 unspecified atom stereocenters. The Morgan fingerprint density at radius 1 is 1.16 bits per heavy atom. The number of anilines is 1. The zero-order valence-electron chi connectivity index (χ0n) is 14.1. The summed E-state index contributed by atoms with van der Waals surface area (Å²) >= 11 is 0. The van der Waals surface area contributed by atoms with Gasteiger partial charge in [0.15, 0.2) is 0 Å². The van der Waals surface area contributed by atoms with Crippen LogP contribution in [0.15, 0.2) is 47.2 Å². The Labute approximate surface area is 146 Å². The van der Waals surface area contributed by atoms with Crippen molar-refractivity contribution < 1.29 is 9.21 Å². The molecule has 25 heavy (non-hydrogen) atoms. The van der Waals surface area contributed by atoms with E-state index in [4.69, 9.17) is 9.40 Å². The number of amides is 1. The average Bonchev–Trinajstić information content (AvgIpc) is 3.31. The first kappa shape index (κ1) is 15.7. The van der Waals surface area contributed by atoms with Crippen molar-refractivity contribution >= 4 is 22.8 Å². The number of carbonyl (C=O) groups is 1. The number of hydrogen-bond donors (Lipinski definition) is 1. The van der Waals surface area contributed by atoms with Crippen molar-refractivity contribution in [2.45, 2.75) is 32.4 Å². The Hall–Kier alpha value is -2.76. The maximum absolute atomic E-state index is 12.2. The van der Waals surface area contributed by atoms with Gasteiger partial charge < -0.3 is 19.2 Å². The first-order valence-corrected chi connectivity index (χ1v) is 8.79. The zero-order valence-corrected chi connectivity index (χ0v) is 14.1. The topological polar surface area (TPSA) is 63.3 Å². The molecule has 1 fully saturated rings. The summed E-state index contributed by atoms with van der Waals surface area (Å²) in [7, 11) is 0. The highest BCUT2D eigenvalue weighted by molar-refractivity contribution is 5.82. The summed E-state index contributed by atoms with van der Waals surface area (Å²) < 4.78 is 7.14. The van der Waals surface area contributed by atoms with Crippen LogP contribution in [0.5, 0.6) is 0 Å². The third kappa shape index (κ3) is 3.52. The molecule has 0 aliphatic carbocycles. The van der Waals surface area contributed by atoms with Crippen molar-refractivity contribution in [1.82, 2.24) is 14.9 Å². The van der Waals surface area contributed by atoms with Crippen LogP contribution in [-0.4, -0.2) is 28.5 Å². The van der Waals surface area contributed by atoms with Gasteiger partial charge in [-0.15, -0.1) is 0 Å². The van der Waals surface area contributed by atoms with Crippen LogP contribution in [0.25, 0.3) is 11.0 Å². The lowest BCUT2D eigenvalue weighted by molar-refractivity contribution is -0.121. The smallest absolute Gasteiger partial charge is 0.240 e. The number of fused-ring (bicyclic) bond motifs is 1. The van der Waals surface area contributed by atoms with E-state index in [1.807, 2.05) is 29.0 Å². The first-order chi connectivity index (χ1) is 12.3. The Bertz CT molecular complexity index is 848. The van der Waals surface area contributed by atoms with Crippen LogP contribution in [0.4, 0.5) is 5.82 Å². The molecule has 1 amide bonds.